The highest BCUT2D eigenvalue weighted by Crippen LogP contribution is 2.33. The van der Waals surface area contributed by atoms with Gasteiger partial charge in [-0.3, -0.25) is 4.79 Å². The Morgan fingerprint density at radius 2 is 1.89 bits per heavy atom. The van der Waals surface area contributed by atoms with Crippen molar-refractivity contribution in [2.45, 2.75) is 32.7 Å². The number of benzene rings is 2. The third kappa shape index (κ3) is 5.94. The molecule has 0 aliphatic rings. The Labute approximate surface area is 170 Å². The third-order valence-electron chi connectivity index (χ3n) is 4.01. The number of carbonyl (C=O) groups excluding carboxylic acids is 1. The van der Waals surface area contributed by atoms with Gasteiger partial charge >= 0.3 is 0 Å². The van der Waals surface area contributed by atoms with E-state index in [9.17, 15) is 4.79 Å². The molecule has 27 heavy (non-hydrogen) atoms. The van der Waals surface area contributed by atoms with E-state index in [2.05, 4.69) is 17.6 Å². The zero-order valence-corrected chi connectivity index (χ0v) is 17.2. The van der Waals surface area contributed by atoms with E-state index in [0.29, 0.717) is 40.2 Å². The lowest BCUT2D eigenvalue weighted by Gasteiger charge is -2.15. The predicted molar refractivity (Wildman–Crippen MR) is 111 cm³/mol. The first-order valence-electron chi connectivity index (χ1n) is 8.72. The van der Waals surface area contributed by atoms with Crippen molar-refractivity contribution in [3.05, 3.63) is 45.9 Å². The zero-order chi connectivity index (χ0) is 19.8. The van der Waals surface area contributed by atoms with Crippen LogP contribution in [-0.2, 0) is 11.3 Å². The number of amides is 1. The average Bonchev–Trinajstić information content (AvgIpc) is 2.65. The molecule has 5 nitrogen and oxygen atoms in total. The van der Waals surface area contributed by atoms with Gasteiger partial charge in [0.05, 0.1) is 24.9 Å². The number of unbranched alkanes of at least 4 members (excludes halogenated alkanes) is 1. The van der Waals surface area contributed by atoms with E-state index in [0.717, 1.165) is 24.1 Å². The van der Waals surface area contributed by atoms with Crippen LogP contribution in [0.3, 0.4) is 0 Å². The first-order valence-corrected chi connectivity index (χ1v) is 9.47. The van der Waals surface area contributed by atoms with Crippen LogP contribution in [0.2, 0.25) is 10.0 Å². The number of methoxy groups -OCH3 is 2. The molecule has 0 unspecified atom stereocenters. The fourth-order valence-corrected chi connectivity index (χ4v) is 3.24. The molecule has 7 heteroatoms. The molecule has 0 spiro atoms. The summed E-state index contributed by atoms with van der Waals surface area (Å²) in [5, 5.41) is 7.18. The minimum Gasteiger partial charge on any atom is -0.495 e. The minimum absolute atomic E-state index is 0.0193. The summed E-state index contributed by atoms with van der Waals surface area (Å²) >= 11 is 12.3. The summed E-state index contributed by atoms with van der Waals surface area (Å²) in [4.78, 5) is 11.9. The summed E-state index contributed by atoms with van der Waals surface area (Å²) in [7, 11) is 3.14. The number of hydrogen-bond acceptors (Lipinski definition) is 4. The van der Waals surface area contributed by atoms with Crippen LogP contribution in [0.4, 0.5) is 11.4 Å². The summed E-state index contributed by atoms with van der Waals surface area (Å²) in [5.41, 5.74) is 2.31. The number of nitrogens with one attached hydrogen (secondary N) is 2. The molecule has 0 aliphatic carbocycles. The molecule has 0 fully saturated rings. The summed E-state index contributed by atoms with van der Waals surface area (Å²) in [6.45, 7) is 2.52. The summed E-state index contributed by atoms with van der Waals surface area (Å²) in [6.07, 6.45) is 2.33. The molecule has 2 aromatic carbocycles. The van der Waals surface area contributed by atoms with E-state index in [1.54, 1.807) is 26.4 Å². The Morgan fingerprint density at radius 3 is 2.56 bits per heavy atom. The average molecular weight is 411 g/mol. The van der Waals surface area contributed by atoms with Crippen molar-refractivity contribution in [3.8, 4) is 11.5 Å². The molecule has 0 radical (unpaired) electrons. The van der Waals surface area contributed by atoms with E-state index in [4.69, 9.17) is 32.7 Å². The fourth-order valence-electron chi connectivity index (χ4n) is 2.63. The Hall–Kier alpha value is -2.11. The van der Waals surface area contributed by atoms with E-state index < -0.39 is 0 Å². The number of halogens is 2. The molecular weight excluding hydrogens is 387 g/mol. The zero-order valence-electron chi connectivity index (χ0n) is 15.7. The molecule has 0 heterocycles. The third-order valence-corrected chi connectivity index (χ3v) is 4.50. The van der Waals surface area contributed by atoms with Crippen molar-refractivity contribution in [1.82, 2.24) is 0 Å². The molecule has 0 bridgehead atoms. The van der Waals surface area contributed by atoms with Crippen molar-refractivity contribution in [3.63, 3.8) is 0 Å². The van der Waals surface area contributed by atoms with Crippen LogP contribution in [0.1, 0.15) is 31.7 Å². The van der Waals surface area contributed by atoms with Gasteiger partial charge in [0.1, 0.15) is 11.5 Å². The maximum atomic E-state index is 11.9. The quantitative estimate of drug-likeness (QED) is 0.552. The molecule has 0 atom stereocenters. The van der Waals surface area contributed by atoms with E-state index in [1.165, 1.54) is 0 Å². The highest BCUT2D eigenvalue weighted by molar-refractivity contribution is 6.35. The standard InChI is InChI=1S/C20H24Cl2N2O3/c1-4-5-6-19(25)24-17-8-7-15(11-18(17)26-2)23-12-13-9-14(21)10-16(22)20(13)27-3/h7-11,23H,4-6,12H2,1-3H3,(H,24,25). The molecule has 0 saturated heterocycles. The first-order chi connectivity index (χ1) is 13.0. The van der Waals surface area contributed by atoms with Gasteiger partial charge in [0.2, 0.25) is 5.91 Å². The van der Waals surface area contributed by atoms with Crippen LogP contribution in [0.15, 0.2) is 30.3 Å². The van der Waals surface area contributed by atoms with Crippen LogP contribution in [0, 0.1) is 0 Å². The Bertz CT molecular complexity index is 797. The second kappa shape index (κ2) is 10.3. The second-order valence-electron chi connectivity index (χ2n) is 6.00. The van der Waals surface area contributed by atoms with Gasteiger partial charge in [0.25, 0.3) is 0 Å². The number of rotatable bonds is 9. The monoisotopic (exact) mass is 410 g/mol. The van der Waals surface area contributed by atoms with Crippen LogP contribution in [0.5, 0.6) is 11.5 Å². The molecule has 0 aromatic heterocycles. The van der Waals surface area contributed by atoms with Crippen molar-refractivity contribution < 1.29 is 14.3 Å². The fraction of sp³-hybridized carbons (Fsp3) is 0.350. The van der Waals surface area contributed by atoms with Crippen molar-refractivity contribution >= 4 is 40.5 Å². The lowest BCUT2D eigenvalue weighted by Crippen LogP contribution is -2.12. The van der Waals surface area contributed by atoms with Crippen LogP contribution >= 0.6 is 23.2 Å². The largest absolute Gasteiger partial charge is 0.495 e. The molecule has 146 valence electrons. The second-order valence-corrected chi connectivity index (χ2v) is 6.84. The van der Waals surface area contributed by atoms with Crippen molar-refractivity contribution in [1.29, 1.82) is 0 Å². The Morgan fingerprint density at radius 1 is 1.11 bits per heavy atom. The van der Waals surface area contributed by atoms with Crippen molar-refractivity contribution in [2.24, 2.45) is 0 Å². The lowest BCUT2D eigenvalue weighted by atomic mass is 10.2. The van der Waals surface area contributed by atoms with Gasteiger partial charge in [-0.1, -0.05) is 36.5 Å². The van der Waals surface area contributed by atoms with Gasteiger partial charge in [-0.05, 0) is 30.7 Å². The number of ether oxygens (including phenoxy) is 2. The van der Waals surface area contributed by atoms with Gasteiger partial charge in [-0.2, -0.15) is 0 Å². The molecule has 2 aromatic rings. The van der Waals surface area contributed by atoms with E-state index >= 15 is 0 Å². The van der Waals surface area contributed by atoms with Gasteiger partial charge < -0.3 is 20.1 Å². The topological polar surface area (TPSA) is 59.6 Å². The maximum Gasteiger partial charge on any atom is 0.224 e. The summed E-state index contributed by atoms with van der Waals surface area (Å²) < 4.78 is 10.8. The Kier molecular flexibility index (Phi) is 8.07. The van der Waals surface area contributed by atoms with Crippen LogP contribution in [0.25, 0.3) is 0 Å². The normalized spacial score (nSPS) is 10.4. The first kappa shape index (κ1) is 21.2. The lowest BCUT2D eigenvalue weighted by molar-refractivity contribution is -0.116. The van der Waals surface area contributed by atoms with Gasteiger partial charge in [0, 0.05) is 35.3 Å². The predicted octanol–water partition coefficient (Wildman–Crippen LogP) is 5.75. The highest BCUT2D eigenvalue weighted by Gasteiger charge is 2.11. The molecule has 2 rings (SSSR count). The maximum absolute atomic E-state index is 11.9. The van der Waals surface area contributed by atoms with Crippen LogP contribution < -0.4 is 20.1 Å². The number of carbonyl (C=O) groups is 1. The minimum atomic E-state index is -0.0193. The molecule has 0 saturated carbocycles. The van der Waals surface area contributed by atoms with E-state index in [-0.39, 0.29) is 5.91 Å². The SMILES string of the molecule is CCCCC(=O)Nc1ccc(NCc2cc(Cl)cc(Cl)c2OC)cc1OC. The van der Waals surface area contributed by atoms with Crippen molar-refractivity contribution in [2.75, 3.05) is 24.9 Å². The molecular formula is C20H24Cl2N2O3. The number of anilines is 2. The van der Waals surface area contributed by atoms with Gasteiger partial charge in [0.15, 0.2) is 0 Å². The highest BCUT2D eigenvalue weighted by atomic mass is 35.5. The number of hydrogen-bond donors (Lipinski definition) is 2. The molecule has 2 N–H and O–H groups in total. The van der Waals surface area contributed by atoms with Gasteiger partial charge in [-0.25, -0.2) is 0 Å². The van der Waals surface area contributed by atoms with Crippen LogP contribution in [-0.4, -0.2) is 20.1 Å². The Balaban J connectivity index is 2.11. The molecule has 0 aliphatic heterocycles. The summed E-state index contributed by atoms with van der Waals surface area (Å²) in [6, 6.07) is 8.96. The molecule has 1 amide bonds. The van der Waals surface area contributed by atoms with Gasteiger partial charge in [-0.15, -0.1) is 0 Å². The van der Waals surface area contributed by atoms with E-state index in [1.807, 2.05) is 18.2 Å². The summed E-state index contributed by atoms with van der Waals surface area (Å²) in [5.74, 6) is 1.15. The smallest absolute Gasteiger partial charge is 0.224 e.